The van der Waals surface area contributed by atoms with E-state index in [0.29, 0.717) is 0 Å². The second-order valence-electron chi connectivity index (χ2n) is 2.89. The predicted octanol–water partition coefficient (Wildman–Crippen LogP) is 2.99. The van der Waals surface area contributed by atoms with Gasteiger partial charge >= 0.3 is 0 Å². The van der Waals surface area contributed by atoms with Crippen LogP contribution in [-0.2, 0) is 0 Å². The summed E-state index contributed by atoms with van der Waals surface area (Å²) in [6.45, 7) is 4.49. The first-order valence-electron chi connectivity index (χ1n) is 4.52. The van der Waals surface area contributed by atoms with Gasteiger partial charge in [0.15, 0.2) is 0 Å². The van der Waals surface area contributed by atoms with Crippen LogP contribution in [0.4, 0.5) is 0 Å². The number of hydrogen-bond donors (Lipinski definition) is 1. The molecule has 0 rings (SSSR count). The lowest BCUT2D eigenvalue weighted by Crippen LogP contribution is -2.23. The SMILES string of the molecule is CCCCCC(CC)NC.Cl. The zero-order valence-corrected chi connectivity index (χ0v) is 8.84. The molecule has 0 aliphatic rings. The topological polar surface area (TPSA) is 12.0 Å². The van der Waals surface area contributed by atoms with Crippen molar-refractivity contribution >= 4 is 12.4 Å². The van der Waals surface area contributed by atoms with E-state index in [2.05, 4.69) is 26.2 Å². The summed E-state index contributed by atoms with van der Waals surface area (Å²) in [6.07, 6.45) is 6.72. The van der Waals surface area contributed by atoms with Gasteiger partial charge in [0.2, 0.25) is 0 Å². The molecule has 1 unspecified atom stereocenters. The molecule has 0 aromatic carbocycles. The van der Waals surface area contributed by atoms with Gasteiger partial charge in [-0.05, 0) is 19.9 Å². The lowest BCUT2D eigenvalue weighted by atomic mass is 10.1. The molecule has 1 nitrogen and oxygen atoms in total. The van der Waals surface area contributed by atoms with Crippen molar-refractivity contribution in [3.05, 3.63) is 0 Å². The highest BCUT2D eigenvalue weighted by molar-refractivity contribution is 5.85. The second-order valence-corrected chi connectivity index (χ2v) is 2.89. The van der Waals surface area contributed by atoms with Crippen LogP contribution < -0.4 is 5.32 Å². The predicted molar refractivity (Wildman–Crippen MR) is 54.5 cm³/mol. The largest absolute Gasteiger partial charge is 0.317 e. The molecule has 11 heavy (non-hydrogen) atoms. The third kappa shape index (κ3) is 8.15. The van der Waals surface area contributed by atoms with Gasteiger partial charge in [0.05, 0.1) is 0 Å². The van der Waals surface area contributed by atoms with Crippen molar-refractivity contribution in [1.82, 2.24) is 5.32 Å². The third-order valence-electron chi connectivity index (χ3n) is 2.06. The molecule has 2 heteroatoms. The standard InChI is InChI=1S/C9H21N.ClH/c1-4-6-7-8-9(5-2)10-3;/h9-10H,4-8H2,1-3H3;1H. The van der Waals surface area contributed by atoms with E-state index in [9.17, 15) is 0 Å². The summed E-state index contributed by atoms with van der Waals surface area (Å²) in [5.74, 6) is 0. The minimum absolute atomic E-state index is 0. The maximum absolute atomic E-state index is 3.31. The molecule has 0 radical (unpaired) electrons. The van der Waals surface area contributed by atoms with Crippen LogP contribution in [0.3, 0.4) is 0 Å². The van der Waals surface area contributed by atoms with Crippen LogP contribution in [0.1, 0.15) is 46.0 Å². The fourth-order valence-electron chi connectivity index (χ4n) is 1.19. The molecule has 0 amide bonds. The molecule has 1 N–H and O–H groups in total. The van der Waals surface area contributed by atoms with Gasteiger partial charge in [-0.2, -0.15) is 0 Å². The summed E-state index contributed by atoms with van der Waals surface area (Å²) in [5.41, 5.74) is 0. The monoisotopic (exact) mass is 179 g/mol. The highest BCUT2D eigenvalue weighted by Crippen LogP contribution is 2.04. The molecule has 0 spiro atoms. The quantitative estimate of drug-likeness (QED) is 0.619. The average Bonchev–Trinajstić information content (AvgIpc) is 1.99. The van der Waals surface area contributed by atoms with Crippen LogP contribution in [0.15, 0.2) is 0 Å². The molecule has 0 aliphatic carbocycles. The van der Waals surface area contributed by atoms with Crippen LogP contribution >= 0.6 is 12.4 Å². The molecule has 0 aliphatic heterocycles. The first kappa shape index (κ1) is 13.8. The van der Waals surface area contributed by atoms with Crippen molar-refractivity contribution in [2.24, 2.45) is 0 Å². The van der Waals surface area contributed by atoms with E-state index in [4.69, 9.17) is 0 Å². The fourth-order valence-corrected chi connectivity index (χ4v) is 1.19. The lowest BCUT2D eigenvalue weighted by Gasteiger charge is -2.12. The van der Waals surface area contributed by atoms with Crippen molar-refractivity contribution in [2.45, 2.75) is 52.0 Å². The van der Waals surface area contributed by atoms with E-state index < -0.39 is 0 Å². The summed E-state index contributed by atoms with van der Waals surface area (Å²) in [4.78, 5) is 0. The molecule has 70 valence electrons. The number of halogens is 1. The first-order chi connectivity index (χ1) is 4.85. The Labute approximate surface area is 77.4 Å². The van der Waals surface area contributed by atoms with Crippen molar-refractivity contribution in [1.29, 1.82) is 0 Å². The molecular weight excluding hydrogens is 158 g/mol. The molecule has 0 heterocycles. The summed E-state index contributed by atoms with van der Waals surface area (Å²) >= 11 is 0. The maximum atomic E-state index is 3.31. The van der Waals surface area contributed by atoms with Crippen LogP contribution in [0.2, 0.25) is 0 Å². The smallest absolute Gasteiger partial charge is 0.00614 e. The Morgan fingerprint density at radius 3 is 2.18 bits per heavy atom. The van der Waals surface area contributed by atoms with Gasteiger partial charge in [-0.3, -0.25) is 0 Å². The zero-order valence-electron chi connectivity index (χ0n) is 8.02. The van der Waals surface area contributed by atoms with E-state index in [1.165, 1.54) is 32.1 Å². The Hall–Kier alpha value is 0.250. The molecule has 0 saturated heterocycles. The lowest BCUT2D eigenvalue weighted by molar-refractivity contribution is 0.481. The number of rotatable bonds is 6. The van der Waals surface area contributed by atoms with Gasteiger partial charge in [-0.15, -0.1) is 12.4 Å². The van der Waals surface area contributed by atoms with E-state index in [1.807, 2.05) is 0 Å². The fraction of sp³-hybridized carbons (Fsp3) is 1.00. The molecule has 0 fully saturated rings. The summed E-state index contributed by atoms with van der Waals surface area (Å²) in [5, 5.41) is 3.31. The average molecular weight is 180 g/mol. The normalized spacial score (nSPS) is 12.3. The molecule has 0 aromatic rings. The van der Waals surface area contributed by atoms with Crippen molar-refractivity contribution in [3.8, 4) is 0 Å². The molecule has 0 aromatic heterocycles. The van der Waals surface area contributed by atoms with Crippen molar-refractivity contribution in [3.63, 3.8) is 0 Å². The highest BCUT2D eigenvalue weighted by atomic mass is 35.5. The van der Waals surface area contributed by atoms with Crippen LogP contribution in [-0.4, -0.2) is 13.1 Å². The van der Waals surface area contributed by atoms with Crippen LogP contribution in [0.25, 0.3) is 0 Å². The van der Waals surface area contributed by atoms with E-state index in [-0.39, 0.29) is 12.4 Å². The Kier molecular flexibility index (Phi) is 12.9. The van der Waals surface area contributed by atoms with Crippen molar-refractivity contribution < 1.29 is 0 Å². The summed E-state index contributed by atoms with van der Waals surface area (Å²) < 4.78 is 0. The summed E-state index contributed by atoms with van der Waals surface area (Å²) in [6, 6.07) is 0.756. The van der Waals surface area contributed by atoms with Gasteiger partial charge in [-0.25, -0.2) is 0 Å². The summed E-state index contributed by atoms with van der Waals surface area (Å²) in [7, 11) is 2.06. The minimum atomic E-state index is 0. The van der Waals surface area contributed by atoms with Gasteiger partial charge in [0.1, 0.15) is 0 Å². The molecule has 1 atom stereocenters. The molecule has 0 saturated carbocycles. The van der Waals surface area contributed by atoms with Gasteiger partial charge in [0, 0.05) is 6.04 Å². The molecule has 0 bridgehead atoms. The Morgan fingerprint density at radius 2 is 1.82 bits per heavy atom. The van der Waals surface area contributed by atoms with Gasteiger partial charge in [-0.1, -0.05) is 33.1 Å². The number of unbranched alkanes of at least 4 members (excludes halogenated alkanes) is 2. The maximum Gasteiger partial charge on any atom is 0.00614 e. The first-order valence-corrected chi connectivity index (χ1v) is 4.52. The third-order valence-corrected chi connectivity index (χ3v) is 2.06. The van der Waals surface area contributed by atoms with Gasteiger partial charge < -0.3 is 5.32 Å². The Balaban J connectivity index is 0. The highest BCUT2D eigenvalue weighted by Gasteiger charge is 2.00. The Bertz CT molecular complexity index is 62.6. The van der Waals surface area contributed by atoms with E-state index >= 15 is 0 Å². The molecular formula is C9H22ClN. The number of hydrogen-bond acceptors (Lipinski definition) is 1. The van der Waals surface area contributed by atoms with Gasteiger partial charge in [0.25, 0.3) is 0 Å². The minimum Gasteiger partial charge on any atom is -0.317 e. The Morgan fingerprint density at radius 1 is 1.18 bits per heavy atom. The number of nitrogens with one attached hydrogen (secondary N) is 1. The zero-order chi connectivity index (χ0) is 7.82. The van der Waals surface area contributed by atoms with Crippen LogP contribution in [0, 0.1) is 0 Å². The van der Waals surface area contributed by atoms with E-state index in [0.717, 1.165) is 6.04 Å². The van der Waals surface area contributed by atoms with Crippen molar-refractivity contribution in [2.75, 3.05) is 7.05 Å². The van der Waals surface area contributed by atoms with Crippen LogP contribution in [0.5, 0.6) is 0 Å². The second kappa shape index (κ2) is 10.2. The van der Waals surface area contributed by atoms with E-state index in [1.54, 1.807) is 0 Å².